The van der Waals surface area contributed by atoms with Gasteiger partial charge in [-0.2, -0.15) is 0 Å². The molecule has 22 heavy (non-hydrogen) atoms. The zero-order valence-corrected chi connectivity index (χ0v) is 13.9. The number of benzene rings is 1. The van der Waals surface area contributed by atoms with Crippen LogP contribution in [-0.2, 0) is 11.2 Å². The molecule has 1 aromatic rings. The maximum atomic E-state index is 12.4. The highest BCUT2D eigenvalue weighted by atomic mass is 16.2. The molecule has 0 saturated carbocycles. The summed E-state index contributed by atoms with van der Waals surface area (Å²) in [5.74, 6) is 0.0974. The van der Waals surface area contributed by atoms with Gasteiger partial charge in [-0.3, -0.25) is 9.69 Å². The summed E-state index contributed by atoms with van der Waals surface area (Å²) in [6, 6.07) is 8.66. The van der Waals surface area contributed by atoms with E-state index in [1.54, 1.807) is 0 Å². The van der Waals surface area contributed by atoms with Crippen LogP contribution in [0.3, 0.4) is 0 Å². The molecule has 1 amide bonds. The molecule has 1 aliphatic heterocycles. The summed E-state index contributed by atoms with van der Waals surface area (Å²) in [4.78, 5) is 14.7. The predicted octanol–water partition coefficient (Wildman–Crippen LogP) is 2.65. The van der Waals surface area contributed by atoms with Crippen molar-refractivity contribution in [1.29, 1.82) is 0 Å². The Hall–Kier alpha value is -1.39. The van der Waals surface area contributed by atoms with Gasteiger partial charge < -0.3 is 10.6 Å². The van der Waals surface area contributed by atoms with Gasteiger partial charge in [-0.25, -0.2) is 0 Å². The molecular weight excluding hydrogens is 274 g/mol. The van der Waals surface area contributed by atoms with Crippen molar-refractivity contribution < 1.29 is 4.79 Å². The Bertz CT molecular complexity index is 469. The number of nitrogens with one attached hydrogen (secondary N) is 2. The first-order chi connectivity index (χ1) is 10.7. The van der Waals surface area contributed by atoms with E-state index in [4.69, 9.17) is 0 Å². The lowest BCUT2D eigenvalue weighted by Crippen LogP contribution is -2.46. The monoisotopic (exact) mass is 303 g/mol. The molecule has 0 spiro atoms. The summed E-state index contributed by atoms with van der Waals surface area (Å²) < 4.78 is 0. The number of aryl methyl sites for hydroxylation is 1. The van der Waals surface area contributed by atoms with Crippen LogP contribution in [0.25, 0.3) is 0 Å². The van der Waals surface area contributed by atoms with Crippen molar-refractivity contribution >= 4 is 11.6 Å². The van der Waals surface area contributed by atoms with E-state index in [1.807, 2.05) is 12.1 Å². The molecule has 2 N–H and O–H groups in total. The first-order valence-electron chi connectivity index (χ1n) is 8.56. The van der Waals surface area contributed by atoms with E-state index < -0.39 is 0 Å². The lowest BCUT2D eigenvalue weighted by Gasteiger charge is -2.34. The zero-order chi connectivity index (χ0) is 15.8. The molecule has 122 valence electrons. The second-order valence-electron chi connectivity index (χ2n) is 6.05. The van der Waals surface area contributed by atoms with E-state index in [1.165, 1.54) is 5.56 Å². The second kappa shape index (κ2) is 8.91. The fraction of sp³-hybridized carbons (Fsp3) is 0.611. The third-order valence-electron chi connectivity index (χ3n) is 4.30. The van der Waals surface area contributed by atoms with Gasteiger partial charge in [0.2, 0.25) is 5.91 Å². The third kappa shape index (κ3) is 5.11. The first-order valence-corrected chi connectivity index (χ1v) is 8.56. The SMILES string of the molecule is CCCN(CC(=O)Nc1cccc(CC)c1)C1CCNCC1. The normalized spacial score (nSPS) is 16.0. The minimum Gasteiger partial charge on any atom is -0.325 e. The summed E-state index contributed by atoms with van der Waals surface area (Å²) in [5.41, 5.74) is 2.16. The highest BCUT2D eigenvalue weighted by Gasteiger charge is 2.22. The minimum absolute atomic E-state index is 0.0974. The van der Waals surface area contributed by atoms with E-state index in [0.29, 0.717) is 12.6 Å². The van der Waals surface area contributed by atoms with E-state index in [-0.39, 0.29) is 5.91 Å². The molecular formula is C18H29N3O. The van der Waals surface area contributed by atoms with Gasteiger partial charge in [-0.05, 0) is 63.0 Å². The number of carbonyl (C=O) groups is 1. The van der Waals surface area contributed by atoms with Gasteiger partial charge in [0, 0.05) is 11.7 Å². The van der Waals surface area contributed by atoms with E-state index >= 15 is 0 Å². The zero-order valence-electron chi connectivity index (χ0n) is 13.9. The van der Waals surface area contributed by atoms with Gasteiger partial charge in [0.05, 0.1) is 6.54 Å². The van der Waals surface area contributed by atoms with Crippen LogP contribution in [0, 0.1) is 0 Å². The molecule has 0 radical (unpaired) electrons. The second-order valence-corrected chi connectivity index (χ2v) is 6.05. The quantitative estimate of drug-likeness (QED) is 0.814. The van der Waals surface area contributed by atoms with Crippen LogP contribution in [-0.4, -0.2) is 43.0 Å². The van der Waals surface area contributed by atoms with Crippen LogP contribution >= 0.6 is 0 Å². The number of rotatable bonds is 7. The number of nitrogens with zero attached hydrogens (tertiary/aromatic N) is 1. The van der Waals surface area contributed by atoms with Crippen LogP contribution in [0.15, 0.2) is 24.3 Å². The Morgan fingerprint density at radius 3 is 2.77 bits per heavy atom. The average molecular weight is 303 g/mol. The van der Waals surface area contributed by atoms with Crippen LogP contribution < -0.4 is 10.6 Å². The number of hydrogen-bond donors (Lipinski definition) is 2. The molecule has 1 fully saturated rings. The highest BCUT2D eigenvalue weighted by molar-refractivity contribution is 5.92. The molecule has 1 saturated heterocycles. The summed E-state index contributed by atoms with van der Waals surface area (Å²) in [5, 5.41) is 6.44. The summed E-state index contributed by atoms with van der Waals surface area (Å²) in [7, 11) is 0. The van der Waals surface area contributed by atoms with Gasteiger partial charge in [0.15, 0.2) is 0 Å². The average Bonchev–Trinajstić information content (AvgIpc) is 2.55. The summed E-state index contributed by atoms with van der Waals surface area (Å²) in [6.07, 6.45) is 4.35. The van der Waals surface area contributed by atoms with E-state index in [9.17, 15) is 4.79 Å². The Morgan fingerprint density at radius 1 is 1.32 bits per heavy atom. The lowest BCUT2D eigenvalue weighted by atomic mass is 10.0. The molecule has 1 aromatic carbocycles. The highest BCUT2D eigenvalue weighted by Crippen LogP contribution is 2.14. The molecule has 4 heteroatoms. The molecule has 1 aliphatic rings. The molecule has 0 atom stereocenters. The number of hydrogen-bond acceptors (Lipinski definition) is 3. The van der Waals surface area contributed by atoms with Gasteiger partial charge in [-0.15, -0.1) is 0 Å². The molecule has 2 rings (SSSR count). The van der Waals surface area contributed by atoms with E-state index in [0.717, 1.165) is 51.0 Å². The van der Waals surface area contributed by atoms with Crippen LogP contribution in [0.2, 0.25) is 0 Å². The topological polar surface area (TPSA) is 44.4 Å². The molecule has 1 heterocycles. The Kier molecular flexibility index (Phi) is 6.87. The van der Waals surface area contributed by atoms with Gasteiger partial charge in [-0.1, -0.05) is 26.0 Å². The number of anilines is 1. The lowest BCUT2D eigenvalue weighted by molar-refractivity contribution is -0.118. The maximum Gasteiger partial charge on any atom is 0.238 e. The Balaban J connectivity index is 1.92. The van der Waals surface area contributed by atoms with Crippen molar-refractivity contribution in [3.05, 3.63) is 29.8 Å². The molecule has 0 aromatic heterocycles. The van der Waals surface area contributed by atoms with Crippen molar-refractivity contribution in [3.63, 3.8) is 0 Å². The first kappa shape index (κ1) is 17.0. The minimum atomic E-state index is 0.0974. The number of carbonyl (C=O) groups excluding carboxylic acids is 1. The van der Waals surface area contributed by atoms with Gasteiger partial charge in [0.25, 0.3) is 0 Å². The number of amides is 1. The largest absolute Gasteiger partial charge is 0.325 e. The summed E-state index contributed by atoms with van der Waals surface area (Å²) in [6.45, 7) is 7.91. The molecule has 4 nitrogen and oxygen atoms in total. The smallest absolute Gasteiger partial charge is 0.238 e. The van der Waals surface area contributed by atoms with Gasteiger partial charge in [0.1, 0.15) is 0 Å². The van der Waals surface area contributed by atoms with Gasteiger partial charge >= 0.3 is 0 Å². The molecule has 0 unspecified atom stereocenters. The fourth-order valence-electron chi connectivity index (χ4n) is 3.10. The molecule has 0 aliphatic carbocycles. The van der Waals surface area contributed by atoms with Crippen LogP contribution in [0.1, 0.15) is 38.7 Å². The third-order valence-corrected chi connectivity index (χ3v) is 4.30. The van der Waals surface area contributed by atoms with Crippen molar-refractivity contribution in [2.24, 2.45) is 0 Å². The summed E-state index contributed by atoms with van der Waals surface area (Å²) >= 11 is 0. The number of piperidine rings is 1. The van der Waals surface area contributed by atoms with Crippen molar-refractivity contribution in [3.8, 4) is 0 Å². The maximum absolute atomic E-state index is 12.4. The van der Waals surface area contributed by atoms with Crippen LogP contribution in [0.5, 0.6) is 0 Å². The van der Waals surface area contributed by atoms with Crippen molar-refractivity contribution in [2.45, 2.75) is 45.6 Å². The Morgan fingerprint density at radius 2 is 2.09 bits per heavy atom. The Labute approximate surface area is 134 Å². The fourth-order valence-corrected chi connectivity index (χ4v) is 3.10. The van der Waals surface area contributed by atoms with Crippen LogP contribution in [0.4, 0.5) is 5.69 Å². The van der Waals surface area contributed by atoms with Crippen molar-refractivity contribution in [1.82, 2.24) is 10.2 Å². The predicted molar refractivity (Wildman–Crippen MR) is 92.2 cm³/mol. The standard InChI is InChI=1S/C18H29N3O/c1-3-12-21(17-8-10-19-11-9-17)14-18(22)20-16-7-5-6-15(4-2)13-16/h5-7,13,17,19H,3-4,8-12,14H2,1-2H3,(H,20,22). The molecule has 0 bridgehead atoms. The van der Waals surface area contributed by atoms with E-state index in [2.05, 4.69) is 41.5 Å². The van der Waals surface area contributed by atoms with Crippen molar-refractivity contribution in [2.75, 3.05) is 31.5 Å².